The third kappa shape index (κ3) is 5.00. The molecule has 5 nitrogen and oxygen atoms in total. The molecule has 4 rings (SSSR count). The number of pyridine rings is 1. The van der Waals surface area contributed by atoms with Crippen LogP contribution in [0, 0.1) is 0 Å². The number of nitrogens with one attached hydrogen (secondary N) is 1. The molecule has 0 atom stereocenters. The maximum Gasteiger partial charge on any atom is 0.433 e. The monoisotopic (exact) mass is 431 g/mol. The van der Waals surface area contributed by atoms with E-state index in [0.29, 0.717) is 23.0 Å². The Morgan fingerprint density at radius 1 is 1.00 bits per heavy atom. The van der Waals surface area contributed by atoms with E-state index in [1.54, 1.807) is 13.2 Å². The Balaban J connectivity index is 1.45. The first-order chi connectivity index (χ1) is 14.9. The van der Waals surface area contributed by atoms with Gasteiger partial charge in [0.05, 0.1) is 19.0 Å². The van der Waals surface area contributed by atoms with Crippen molar-refractivity contribution in [2.24, 2.45) is 0 Å². The molecule has 1 saturated carbocycles. The molecule has 1 fully saturated rings. The van der Waals surface area contributed by atoms with Crippen LogP contribution in [0.2, 0.25) is 0 Å². The molecule has 8 heteroatoms. The summed E-state index contributed by atoms with van der Waals surface area (Å²) in [6.45, 7) is 0.0801. The van der Waals surface area contributed by atoms with Gasteiger partial charge in [0.25, 0.3) is 0 Å². The van der Waals surface area contributed by atoms with E-state index in [9.17, 15) is 13.2 Å². The van der Waals surface area contributed by atoms with Crippen LogP contribution in [-0.2, 0) is 12.8 Å². The van der Waals surface area contributed by atoms with Gasteiger partial charge in [-0.1, -0.05) is 25.3 Å². The topological polar surface area (TPSA) is 60.0 Å². The van der Waals surface area contributed by atoms with E-state index in [1.165, 1.54) is 44.4 Å². The summed E-state index contributed by atoms with van der Waals surface area (Å²) in [5, 5.41) is 0. The number of H-pyrrole nitrogens is 1. The van der Waals surface area contributed by atoms with Crippen molar-refractivity contribution in [3.63, 3.8) is 0 Å². The summed E-state index contributed by atoms with van der Waals surface area (Å²) in [5.74, 6) is 2.55. The normalized spacial score (nSPS) is 15.1. The number of hydrogen-bond acceptors (Lipinski definition) is 4. The SMILES string of the molecule is COc1cc(-c2cnc(C3CCCCC3)[nH]2)ccc1OCc1ccc(C(F)(F)F)nc1. The third-order valence-electron chi connectivity index (χ3n) is 5.57. The van der Waals surface area contributed by atoms with E-state index in [0.717, 1.165) is 23.1 Å². The molecule has 0 bridgehead atoms. The second-order valence-corrected chi connectivity index (χ2v) is 7.72. The Kier molecular flexibility index (Phi) is 6.15. The molecular formula is C23H24F3N3O2. The van der Waals surface area contributed by atoms with Crippen LogP contribution >= 0.6 is 0 Å². The summed E-state index contributed by atoms with van der Waals surface area (Å²) in [6, 6.07) is 7.85. The molecule has 2 aromatic heterocycles. The van der Waals surface area contributed by atoms with Gasteiger partial charge in [-0.15, -0.1) is 0 Å². The maximum atomic E-state index is 12.6. The van der Waals surface area contributed by atoms with Gasteiger partial charge in [0.2, 0.25) is 0 Å². The number of alkyl halides is 3. The van der Waals surface area contributed by atoms with E-state index < -0.39 is 11.9 Å². The average molecular weight is 431 g/mol. The number of hydrogen-bond donors (Lipinski definition) is 1. The number of methoxy groups -OCH3 is 1. The highest BCUT2D eigenvalue weighted by molar-refractivity contribution is 5.63. The first-order valence-electron chi connectivity index (χ1n) is 10.3. The molecule has 1 aliphatic carbocycles. The minimum atomic E-state index is -4.46. The number of benzene rings is 1. The minimum absolute atomic E-state index is 0.0801. The van der Waals surface area contributed by atoms with Crippen molar-refractivity contribution in [3.8, 4) is 22.8 Å². The van der Waals surface area contributed by atoms with Crippen LogP contribution in [0.15, 0.2) is 42.7 Å². The first kappa shape index (κ1) is 21.2. The van der Waals surface area contributed by atoms with Crippen LogP contribution in [0.25, 0.3) is 11.3 Å². The molecule has 31 heavy (non-hydrogen) atoms. The molecule has 1 N–H and O–H groups in total. The molecule has 1 aliphatic rings. The number of aromatic nitrogens is 3. The van der Waals surface area contributed by atoms with Crippen LogP contribution in [0.1, 0.15) is 55.1 Å². The standard InChI is InChI=1S/C23H24F3N3O2/c1-30-20-11-17(18-13-28-22(29-18)16-5-3-2-4-6-16)8-9-19(20)31-14-15-7-10-21(27-12-15)23(24,25)26/h7-13,16H,2-6,14H2,1H3,(H,28,29). The summed E-state index contributed by atoms with van der Waals surface area (Å²) in [6.07, 6.45) is 4.68. The predicted octanol–water partition coefficient (Wildman–Crippen LogP) is 6.13. The first-order valence-corrected chi connectivity index (χ1v) is 10.3. The lowest BCUT2D eigenvalue weighted by molar-refractivity contribution is -0.141. The third-order valence-corrected chi connectivity index (χ3v) is 5.57. The summed E-state index contributed by atoms with van der Waals surface area (Å²) >= 11 is 0. The van der Waals surface area contributed by atoms with Gasteiger partial charge in [0, 0.05) is 23.2 Å². The van der Waals surface area contributed by atoms with Crippen molar-refractivity contribution < 1.29 is 22.6 Å². The quantitative estimate of drug-likeness (QED) is 0.510. The van der Waals surface area contributed by atoms with Crippen molar-refractivity contribution in [2.45, 2.75) is 50.8 Å². The zero-order valence-electron chi connectivity index (χ0n) is 17.2. The van der Waals surface area contributed by atoms with E-state index in [2.05, 4.69) is 15.0 Å². The molecule has 164 valence electrons. The lowest BCUT2D eigenvalue weighted by atomic mass is 9.89. The molecule has 0 amide bonds. The summed E-state index contributed by atoms with van der Waals surface area (Å²) in [5.41, 5.74) is 1.45. The van der Waals surface area contributed by atoms with Gasteiger partial charge in [-0.2, -0.15) is 13.2 Å². The predicted molar refractivity (Wildman–Crippen MR) is 110 cm³/mol. The molecular weight excluding hydrogens is 407 g/mol. The Morgan fingerprint density at radius 3 is 2.48 bits per heavy atom. The smallest absolute Gasteiger partial charge is 0.433 e. The Morgan fingerprint density at radius 2 is 1.81 bits per heavy atom. The van der Waals surface area contributed by atoms with Crippen molar-refractivity contribution in [1.82, 2.24) is 15.0 Å². The molecule has 1 aromatic carbocycles. The number of rotatable bonds is 6. The minimum Gasteiger partial charge on any atom is -0.493 e. The van der Waals surface area contributed by atoms with Crippen LogP contribution < -0.4 is 9.47 Å². The van der Waals surface area contributed by atoms with E-state index >= 15 is 0 Å². The fourth-order valence-corrected chi connectivity index (χ4v) is 3.86. The molecule has 2 heterocycles. The van der Waals surface area contributed by atoms with Crippen LogP contribution in [0.5, 0.6) is 11.5 Å². The Bertz CT molecular complexity index is 1010. The van der Waals surface area contributed by atoms with Crippen LogP contribution in [-0.4, -0.2) is 22.1 Å². The number of imidazole rings is 1. The second-order valence-electron chi connectivity index (χ2n) is 7.72. The molecule has 3 aromatic rings. The lowest BCUT2D eigenvalue weighted by Crippen LogP contribution is -2.08. The molecule has 0 radical (unpaired) electrons. The average Bonchev–Trinajstić information content (AvgIpc) is 3.28. The highest BCUT2D eigenvalue weighted by Gasteiger charge is 2.32. The van der Waals surface area contributed by atoms with Crippen molar-refractivity contribution in [1.29, 1.82) is 0 Å². The second kappa shape index (κ2) is 8.99. The van der Waals surface area contributed by atoms with Gasteiger partial charge >= 0.3 is 6.18 Å². The lowest BCUT2D eigenvalue weighted by Gasteiger charge is -2.19. The van der Waals surface area contributed by atoms with Gasteiger partial charge in [-0.05, 0) is 37.1 Å². The van der Waals surface area contributed by atoms with Crippen LogP contribution in [0.3, 0.4) is 0 Å². The van der Waals surface area contributed by atoms with Gasteiger partial charge < -0.3 is 14.5 Å². The fourth-order valence-electron chi connectivity index (χ4n) is 3.86. The van der Waals surface area contributed by atoms with E-state index in [1.807, 2.05) is 18.3 Å². The van der Waals surface area contributed by atoms with Gasteiger partial charge in [-0.3, -0.25) is 4.98 Å². The van der Waals surface area contributed by atoms with Crippen LogP contribution in [0.4, 0.5) is 13.2 Å². The number of ether oxygens (including phenoxy) is 2. The molecule has 0 spiro atoms. The van der Waals surface area contributed by atoms with Crippen molar-refractivity contribution in [2.75, 3.05) is 7.11 Å². The zero-order valence-corrected chi connectivity index (χ0v) is 17.2. The Labute approximate surface area is 178 Å². The summed E-state index contributed by atoms with van der Waals surface area (Å²) in [7, 11) is 1.55. The fraction of sp³-hybridized carbons (Fsp3) is 0.391. The largest absolute Gasteiger partial charge is 0.493 e. The molecule has 0 aliphatic heterocycles. The van der Waals surface area contributed by atoms with Gasteiger partial charge in [-0.25, -0.2) is 4.98 Å². The molecule has 0 saturated heterocycles. The highest BCUT2D eigenvalue weighted by Crippen LogP contribution is 2.35. The number of nitrogens with zero attached hydrogens (tertiary/aromatic N) is 2. The summed E-state index contributed by atoms with van der Waals surface area (Å²) < 4.78 is 49.1. The van der Waals surface area contributed by atoms with Gasteiger partial charge in [0.1, 0.15) is 18.1 Å². The van der Waals surface area contributed by atoms with E-state index in [4.69, 9.17) is 9.47 Å². The van der Waals surface area contributed by atoms with Crippen molar-refractivity contribution in [3.05, 3.63) is 59.8 Å². The number of halogens is 3. The summed E-state index contributed by atoms with van der Waals surface area (Å²) in [4.78, 5) is 11.5. The van der Waals surface area contributed by atoms with Crippen molar-refractivity contribution >= 4 is 0 Å². The maximum absolute atomic E-state index is 12.6. The van der Waals surface area contributed by atoms with Gasteiger partial charge in [0.15, 0.2) is 11.5 Å². The van der Waals surface area contributed by atoms with E-state index in [-0.39, 0.29) is 6.61 Å². The highest BCUT2D eigenvalue weighted by atomic mass is 19.4. The molecule has 0 unspecified atom stereocenters. The Hall–Kier alpha value is -3.03. The number of aromatic amines is 1. The zero-order chi connectivity index (χ0) is 21.8.